The van der Waals surface area contributed by atoms with Crippen LogP contribution in [0.5, 0.6) is 0 Å². The van der Waals surface area contributed by atoms with Crippen molar-refractivity contribution in [2.45, 2.75) is 45.3 Å². The van der Waals surface area contributed by atoms with Crippen LogP contribution in [-0.2, 0) is 13.0 Å². The molecule has 0 unspecified atom stereocenters. The van der Waals surface area contributed by atoms with Crippen molar-refractivity contribution in [2.24, 2.45) is 0 Å². The number of hydrogen-bond donors (Lipinski definition) is 1. The van der Waals surface area contributed by atoms with Crippen LogP contribution in [0.15, 0.2) is 24.3 Å². The molecule has 2 rings (SSSR count). The third kappa shape index (κ3) is 2.88. The van der Waals surface area contributed by atoms with Crippen LogP contribution < -0.4 is 0 Å². The van der Waals surface area contributed by atoms with E-state index in [1.807, 2.05) is 0 Å². The summed E-state index contributed by atoms with van der Waals surface area (Å²) >= 11 is 0. The Morgan fingerprint density at radius 3 is 2.47 bits per heavy atom. The molecule has 0 saturated heterocycles. The van der Waals surface area contributed by atoms with Crippen molar-refractivity contribution in [1.82, 2.24) is 4.90 Å². The molecule has 0 saturated carbocycles. The molecule has 94 valence electrons. The molecule has 0 spiro atoms. The van der Waals surface area contributed by atoms with Gasteiger partial charge in [0.2, 0.25) is 0 Å². The van der Waals surface area contributed by atoms with Gasteiger partial charge in [0.25, 0.3) is 0 Å². The standard InChI is InChI=1S/C15H23NO/c1-3-15(17,4-2)12-16-10-9-13-7-5-6-8-14(13)11-16/h5-8,17H,3-4,9-12H2,1-2H3. The lowest BCUT2D eigenvalue weighted by Gasteiger charge is -2.35. The van der Waals surface area contributed by atoms with E-state index in [4.69, 9.17) is 0 Å². The van der Waals surface area contributed by atoms with Gasteiger partial charge in [-0.05, 0) is 30.4 Å². The van der Waals surface area contributed by atoms with E-state index in [0.29, 0.717) is 0 Å². The summed E-state index contributed by atoms with van der Waals surface area (Å²) in [6, 6.07) is 8.65. The van der Waals surface area contributed by atoms with Crippen LogP contribution >= 0.6 is 0 Å². The summed E-state index contributed by atoms with van der Waals surface area (Å²) in [5.74, 6) is 0. The Bertz CT molecular complexity index is 371. The van der Waals surface area contributed by atoms with E-state index in [-0.39, 0.29) is 0 Å². The van der Waals surface area contributed by atoms with Gasteiger partial charge >= 0.3 is 0 Å². The maximum atomic E-state index is 10.4. The molecule has 1 aromatic rings. The summed E-state index contributed by atoms with van der Waals surface area (Å²) in [4.78, 5) is 2.38. The summed E-state index contributed by atoms with van der Waals surface area (Å²) in [7, 11) is 0. The summed E-state index contributed by atoms with van der Waals surface area (Å²) in [6.07, 6.45) is 2.78. The SMILES string of the molecule is CCC(O)(CC)CN1CCc2ccccc2C1. The van der Waals surface area contributed by atoms with Crippen LogP contribution in [0.2, 0.25) is 0 Å². The van der Waals surface area contributed by atoms with Gasteiger partial charge in [0, 0.05) is 19.6 Å². The molecule has 2 nitrogen and oxygen atoms in total. The second-order valence-corrected chi connectivity index (χ2v) is 5.16. The Hall–Kier alpha value is -0.860. The first-order chi connectivity index (χ1) is 8.17. The lowest BCUT2D eigenvalue weighted by molar-refractivity contribution is -0.00685. The largest absolute Gasteiger partial charge is 0.389 e. The molecule has 0 atom stereocenters. The number of hydrogen-bond acceptors (Lipinski definition) is 2. The molecular weight excluding hydrogens is 210 g/mol. The maximum absolute atomic E-state index is 10.4. The first-order valence-corrected chi connectivity index (χ1v) is 6.68. The van der Waals surface area contributed by atoms with E-state index in [0.717, 1.165) is 38.9 Å². The smallest absolute Gasteiger partial charge is 0.0769 e. The molecule has 0 bridgehead atoms. The third-order valence-corrected chi connectivity index (χ3v) is 4.04. The number of β-amino-alcohol motifs (C(OH)–C–C–N with tert-alkyl or cyclic N) is 1. The zero-order valence-electron chi connectivity index (χ0n) is 10.9. The minimum Gasteiger partial charge on any atom is -0.389 e. The highest BCUT2D eigenvalue weighted by molar-refractivity contribution is 5.29. The average molecular weight is 233 g/mol. The molecule has 1 N–H and O–H groups in total. The van der Waals surface area contributed by atoms with Crippen molar-refractivity contribution in [3.63, 3.8) is 0 Å². The highest BCUT2D eigenvalue weighted by Crippen LogP contribution is 2.22. The fraction of sp³-hybridized carbons (Fsp3) is 0.600. The molecule has 1 aliphatic rings. The maximum Gasteiger partial charge on any atom is 0.0769 e. The molecule has 2 heteroatoms. The molecule has 0 amide bonds. The Morgan fingerprint density at radius 1 is 1.18 bits per heavy atom. The highest BCUT2D eigenvalue weighted by Gasteiger charge is 2.27. The molecular formula is C15H23NO. The Kier molecular flexibility index (Phi) is 3.85. The van der Waals surface area contributed by atoms with E-state index in [9.17, 15) is 5.11 Å². The predicted molar refractivity (Wildman–Crippen MR) is 71.0 cm³/mol. The molecule has 0 radical (unpaired) electrons. The fourth-order valence-electron chi connectivity index (χ4n) is 2.58. The number of aliphatic hydroxyl groups is 1. The van der Waals surface area contributed by atoms with Crippen LogP contribution in [0.4, 0.5) is 0 Å². The quantitative estimate of drug-likeness (QED) is 0.864. The van der Waals surface area contributed by atoms with Crippen molar-refractivity contribution in [3.8, 4) is 0 Å². The van der Waals surface area contributed by atoms with Crippen molar-refractivity contribution in [3.05, 3.63) is 35.4 Å². The van der Waals surface area contributed by atoms with Gasteiger partial charge in [0.15, 0.2) is 0 Å². The fourth-order valence-corrected chi connectivity index (χ4v) is 2.58. The van der Waals surface area contributed by atoms with Gasteiger partial charge in [-0.3, -0.25) is 4.90 Å². The molecule has 1 aliphatic heterocycles. The second-order valence-electron chi connectivity index (χ2n) is 5.16. The topological polar surface area (TPSA) is 23.5 Å². The van der Waals surface area contributed by atoms with Crippen LogP contribution in [0.3, 0.4) is 0 Å². The van der Waals surface area contributed by atoms with Crippen molar-refractivity contribution >= 4 is 0 Å². The van der Waals surface area contributed by atoms with Crippen LogP contribution in [0.1, 0.15) is 37.8 Å². The number of fused-ring (bicyclic) bond motifs is 1. The minimum absolute atomic E-state index is 0.508. The van der Waals surface area contributed by atoms with Crippen molar-refractivity contribution < 1.29 is 5.11 Å². The van der Waals surface area contributed by atoms with E-state index in [1.165, 1.54) is 11.1 Å². The summed E-state index contributed by atoms with van der Waals surface area (Å²) < 4.78 is 0. The molecule has 1 aromatic carbocycles. The van der Waals surface area contributed by atoms with Crippen LogP contribution in [0.25, 0.3) is 0 Å². The first-order valence-electron chi connectivity index (χ1n) is 6.68. The van der Waals surface area contributed by atoms with Gasteiger partial charge in [-0.2, -0.15) is 0 Å². The molecule has 17 heavy (non-hydrogen) atoms. The van der Waals surface area contributed by atoms with Gasteiger partial charge in [-0.1, -0.05) is 38.1 Å². The summed E-state index contributed by atoms with van der Waals surface area (Å²) in [6.45, 7) is 6.99. The van der Waals surface area contributed by atoms with Crippen molar-refractivity contribution in [2.75, 3.05) is 13.1 Å². The third-order valence-electron chi connectivity index (χ3n) is 4.04. The molecule has 1 heterocycles. The lowest BCUT2D eigenvalue weighted by atomic mass is 9.94. The summed E-state index contributed by atoms with van der Waals surface area (Å²) in [5, 5.41) is 10.4. The van der Waals surface area contributed by atoms with Gasteiger partial charge in [-0.15, -0.1) is 0 Å². The average Bonchev–Trinajstić information content (AvgIpc) is 2.38. The Balaban J connectivity index is 2.03. The normalized spacial score (nSPS) is 16.9. The Morgan fingerprint density at radius 2 is 1.82 bits per heavy atom. The zero-order chi connectivity index (χ0) is 12.3. The lowest BCUT2D eigenvalue weighted by Crippen LogP contribution is -2.44. The monoisotopic (exact) mass is 233 g/mol. The number of rotatable bonds is 4. The van der Waals surface area contributed by atoms with E-state index < -0.39 is 5.60 Å². The molecule has 0 aliphatic carbocycles. The van der Waals surface area contributed by atoms with E-state index >= 15 is 0 Å². The second kappa shape index (κ2) is 5.19. The van der Waals surface area contributed by atoms with Crippen LogP contribution in [0, 0.1) is 0 Å². The predicted octanol–water partition coefficient (Wildman–Crippen LogP) is 2.60. The number of benzene rings is 1. The van der Waals surface area contributed by atoms with E-state index in [2.05, 4.69) is 43.0 Å². The molecule has 0 fully saturated rings. The summed E-state index contributed by atoms with van der Waals surface area (Å²) in [5.41, 5.74) is 2.39. The van der Waals surface area contributed by atoms with E-state index in [1.54, 1.807) is 0 Å². The minimum atomic E-state index is -0.508. The van der Waals surface area contributed by atoms with Gasteiger partial charge < -0.3 is 5.11 Å². The number of nitrogens with zero attached hydrogens (tertiary/aromatic N) is 1. The van der Waals surface area contributed by atoms with Gasteiger partial charge in [-0.25, -0.2) is 0 Å². The van der Waals surface area contributed by atoms with Gasteiger partial charge in [0.05, 0.1) is 5.60 Å². The zero-order valence-corrected chi connectivity index (χ0v) is 10.9. The molecule has 0 aromatic heterocycles. The van der Waals surface area contributed by atoms with Gasteiger partial charge in [0.1, 0.15) is 0 Å². The van der Waals surface area contributed by atoms with Crippen LogP contribution in [-0.4, -0.2) is 28.7 Å². The Labute approximate surface area is 104 Å². The first kappa shape index (κ1) is 12.6. The highest BCUT2D eigenvalue weighted by atomic mass is 16.3. The van der Waals surface area contributed by atoms with Crippen molar-refractivity contribution in [1.29, 1.82) is 0 Å².